The highest BCUT2D eigenvalue weighted by atomic mass is 35.5. The molecule has 0 heterocycles. The fourth-order valence-corrected chi connectivity index (χ4v) is 7.55. The number of hydrogen-bond donors (Lipinski definition) is 2. The third kappa shape index (κ3) is 3.31. The summed E-state index contributed by atoms with van der Waals surface area (Å²) in [6.07, 6.45) is 8.19. The Hall–Kier alpha value is -0.650. The predicted octanol–water partition coefficient (Wildman–Crippen LogP) is 3.57. The molecule has 0 aromatic heterocycles. The van der Waals surface area contributed by atoms with E-state index in [2.05, 4.69) is 19.0 Å². The van der Waals surface area contributed by atoms with Crippen molar-refractivity contribution < 1.29 is 14.7 Å². The molecular weight excluding hydrogens is 376 g/mol. The number of nitrogens with two attached hydrogens (primary N) is 1. The van der Waals surface area contributed by atoms with E-state index < -0.39 is 0 Å². The molecule has 3 N–H and O–H groups in total. The number of fused-ring (bicyclic) bond motifs is 5. The van der Waals surface area contributed by atoms with Crippen molar-refractivity contribution >= 4 is 23.9 Å². The lowest BCUT2D eigenvalue weighted by atomic mass is 9.43. The molecule has 0 bridgehead atoms. The van der Waals surface area contributed by atoms with Gasteiger partial charge in [-0.3, -0.25) is 4.79 Å². The van der Waals surface area contributed by atoms with Gasteiger partial charge >= 0.3 is 0 Å². The number of nitrogens with zero attached hydrogens (tertiary/aromatic N) is 1. The van der Waals surface area contributed by atoms with Crippen molar-refractivity contribution in [3.63, 3.8) is 0 Å². The second kappa shape index (κ2) is 8.23. The molecule has 0 radical (unpaired) electrons. The zero-order valence-electron chi connectivity index (χ0n) is 17.4. The van der Waals surface area contributed by atoms with Gasteiger partial charge in [0.25, 0.3) is 0 Å². The van der Waals surface area contributed by atoms with Crippen molar-refractivity contribution in [1.29, 1.82) is 0 Å². The lowest BCUT2D eigenvalue weighted by molar-refractivity contribution is -0.145. The van der Waals surface area contributed by atoms with Crippen LogP contribution in [0.1, 0.15) is 65.2 Å². The average Bonchev–Trinajstić information content (AvgIpc) is 2.96. The Kier molecular flexibility index (Phi) is 6.48. The Morgan fingerprint density at radius 2 is 1.96 bits per heavy atom. The van der Waals surface area contributed by atoms with Crippen molar-refractivity contribution in [2.75, 3.05) is 19.8 Å². The summed E-state index contributed by atoms with van der Waals surface area (Å²) in [7, 11) is 0. The molecule has 4 aliphatic carbocycles. The molecule has 1 unspecified atom stereocenters. The molecule has 0 aromatic carbocycles. The van der Waals surface area contributed by atoms with Crippen LogP contribution in [0.5, 0.6) is 0 Å². The van der Waals surface area contributed by atoms with E-state index >= 15 is 0 Å². The maximum atomic E-state index is 12.6. The van der Waals surface area contributed by atoms with Crippen molar-refractivity contribution in [3.8, 4) is 0 Å². The van der Waals surface area contributed by atoms with Crippen LogP contribution in [0.3, 0.4) is 0 Å². The van der Waals surface area contributed by atoms with Crippen molar-refractivity contribution in [3.05, 3.63) is 0 Å². The van der Waals surface area contributed by atoms with E-state index in [9.17, 15) is 9.90 Å². The largest absolute Gasteiger partial charge is 0.396 e. The second-order valence-corrected chi connectivity index (χ2v) is 10.1. The smallest absolute Gasteiger partial charge is 0.139 e. The lowest BCUT2D eigenvalue weighted by Gasteiger charge is -2.61. The Morgan fingerprint density at radius 1 is 1.18 bits per heavy atom. The molecule has 0 spiro atoms. The Bertz CT molecular complexity index is 627. The van der Waals surface area contributed by atoms with E-state index in [0.29, 0.717) is 48.5 Å². The molecule has 4 rings (SSSR count). The summed E-state index contributed by atoms with van der Waals surface area (Å²) in [6.45, 7) is 5.89. The van der Waals surface area contributed by atoms with Gasteiger partial charge in [-0.25, -0.2) is 0 Å². The summed E-state index contributed by atoms with van der Waals surface area (Å²) < 4.78 is 0. The minimum atomic E-state index is -0.0955. The van der Waals surface area contributed by atoms with Crippen LogP contribution < -0.4 is 5.73 Å². The van der Waals surface area contributed by atoms with Crippen LogP contribution >= 0.6 is 12.4 Å². The van der Waals surface area contributed by atoms with E-state index in [1.54, 1.807) is 0 Å². The maximum absolute atomic E-state index is 12.6. The third-order valence-corrected chi connectivity index (χ3v) is 9.03. The highest BCUT2D eigenvalue weighted by Gasteiger charge is 2.61. The summed E-state index contributed by atoms with van der Waals surface area (Å²) >= 11 is 0. The Balaban J connectivity index is 0.00000225. The first-order chi connectivity index (χ1) is 12.9. The number of aliphatic hydroxyl groups is 1. The standard InChI is InChI=1S/C22H36N2O3.ClH/c1-21-7-5-15(24-27-10-9-23)12-19(21)14(13-25)11-16-17-3-4-20(26)22(17,2)8-6-18(16)21;/h14,16-19,25H,3-13,23H2,1-2H3;1H/t14-,16+,17+,18+,19?,21-,22+;/m1./s1. The van der Waals surface area contributed by atoms with E-state index in [1.165, 1.54) is 6.42 Å². The summed E-state index contributed by atoms with van der Waals surface area (Å²) in [6, 6.07) is 0. The quantitative estimate of drug-likeness (QED) is 0.546. The van der Waals surface area contributed by atoms with Crippen LogP contribution in [-0.2, 0) is 9.63 Å². The van der Waals surface area contributed by atoms with Gasteiger partial charge in [-0.2, -0.15) is 0 Å². The number of ketones is 1. The molecule has 5 nitrogen and oxygen atoms in total. The number of halogens is 1. The average molecular weight is 413 g/mol. The summed E-state index contributed by atoms with van der Waals surface area (Å²) in [4.78, 5) is 18.0. The lowest BCUT2D eigenvalue weighted by Crippen LogP contribution is -2.56. The van der Waals surface area contributed by atoms with Gasteiger partial charge in [0, 0.05) is 25.0 Å². The highest BCUT2D eigenvalue weighted by Crippen LogP contribution is 2.66. The first-order valence-electron chi connectivity index (χ1n) is 11.0. The zero-order valence-corrected chi connectivity index (χ0v) is 18.2. The maximum Gasteiger partial charge on any atom is 0.139 e. The van der Waals surface area contributed by atoms with Crippen LogP contribution in [0.15, 0.2) is 5.16 Å². The van der Waals surface area contributed by atoms with Gasteiger partial charge in [0.05, 0.1) is 5.71 Å². The first-order valence-corrected chi connectivity index (χ1v) is 11.0. The van der Waals surface area contributed by atoms with Crippen LogP contribution in [0, 0.1) is 40.4 Å². The van der Waals surface area contributed by atoms with Crippen molar-refractivity contribution in [2.24, 2.45) is 51.3 Å². The number of hydrogen-bond acceptors (Lipinski definition) is 5. The van der Waals surface area contributed by atoms with Gasteiger partial charge in [0.2, 0.25) is 0 Å². The summed E-state index contributed by atoms with van der Waals surface area (Å²) in [5.41, 5.74) is 6.79. The Labute approximate surface area is 175 Å². The van der Waals surface area contributed by atoms with E-state index in [1.807, 2.05) is 0 Å². The number of oxime groups is 1. The van der Waals surface area contributed by atoms with Crippen LogP contribution in [0.25, 0.3) is 0 Å². The van der Waals surface area contributed by atoms with Gasteiger partial charge in [-0.15, -0.1) is 12.4 Å². The normalized spacial score (nSPS) is 46.4. The number of Topliss-reactive ketones (excluding diaryl/α,β-unsaturated/α-hetero) is 1. The SMILES string of the molecule is C[C@]12CCC(=NOCCN)CC1[C@@H](CO)C[C@@H]1[C@@H]2CC[C@]2(C)C(=O)CC[C@@H]12.Cl. The number of aliphatic hydroxyl groups excluding tert-OH is 1. The van der Waals surface area contributed by atoms with Gasteiger partial charge in [-0.1, -0.05) is 19.0 Å². The van der Waals surface area contributed by atoms with Crippen molar-refractivity contribution in [2.45, 2.75) is 65.2 Å². The second-order valence-electron chi connectivity index (χ2n) is 10.1. The van der Waals surface area contributed by atoms with Crippen LogP contribution in [0.2, 0.25) is 0 Å². The highest BCUT2D eigenvalue weighted by molar-refractivity contribution is 5.87. The van der Waals surface area contributed by atoms with Gasteiger partial charge in [0.15, 0.2) is 0 Å². The molecule has 0 amide bonds. The fraction of sp³-hybridized carbons (Fsp3) is 0.909. The zero-order chi connectivity index (χ0) is 19.2. The monoisotopic (exact) mass is 412 g/mol. The topological polar surface area (TPSA) is 84.9 Å². The van der Waals surface area contributed by atoms with Crippen LogP contribution in [0.4, 0.5) is 0 Å². The minimum Gasteiger partial charge on any atom is -0.396 e. The third-order valence-electron chi connectivity index (χ3n) is 9.03. The first kappa shape index (κ1) is 22.0. The number of carbonyl (C=O) groups excluding carboxylic acids is 1. The molecule has 0 aromatic rings. The van der Waals surface area contributed by atoms with E-state index in [0.717, 1.165) is 50.7 Å². The molecule has 7 atom stereocenters. The predicted molar refractivity (Wildman–Crippen MR) is 112 cm³/mol. The molecular formula is C22H37ClN2O3. The number of rotatable bonds is 4. The molecule has 28 heavy (non-hydrogen) atoms. The minimum absolute atomic E-state index is 0. The van der Waals surface area contributed by atoms with Gasteiger partial charge < -0.3 is 15.7 Å². The molecule has 0 aliphatic heterocycles. The molecule has 4 fully saturated rings. The van der Waals surface area contributed by atoms with Gasteiger partial charge in [-0.05, 0) is 80.0 Å². The molecule has 4 aliphatic rings. The molecule has 4 saturated carbocycles. The molecule has 6 heteroatoms. The van der Waals surface area contributed by atoms with Crippen LogP contribution in [-0.4, -0.2) is 36.4 Å². The van der Waals surface area contributed by atoms with E-state index in [-0.39, 0.29) is 29.8 Å². The fourth-order valence-electron chi connectivity index (χ4n) is 7.55. The van der Waals surface area contributed by atoms with Crippen molar-refractivity contribution in [1.82, 2.24) is 0 Å². The molecule has 0 saturated heterocycles. The summed E-state index contributed by atoms with van der Waals surface area (Å²) in [5, 5.41) is 14.6. The Morgan fingerprint density at radius 3 is 2.68 bits per heavy atom. The van der Waals surface area contributed by atoms with Gasteiger partial charge in [0.1, 0.15) is 12.4 Å². The molecule has 160 valence electrons. The number of carbonyl (C=O) groups is 1. The summed E-state index contributed by atoms with van der Waals surface area (Å²) in [5.74, 6) is 3.09. The van der Waals surface area contributed by atoms with E-state index in [4.69, 9.17) is 10.6 Å².